The minimum absolute atomic E-state index is 0.516. The third kappa shape index (κ3) is 3.29. The molecule has 0 radical (unpaired) electrons. The Bertz CT molecular complexity index is 444. The highest BCUT2D eigenvalue weighted by molar-refractivity contribution is 5.87. The Morgan fingerprint density at radius 1 is 1.32 bits per heavy atom. The van der Waals surface area contributed by atoms with E-state index in [0.717, 1.165) is 18.8 Å². The molecule has 0 bridgehead atoms. The van der Waals surface area contributed by atoms with Crippen molar-refractivity contribution in [2.45, 2.75) is 0 Å². The van der Waals surface area contributed by atoms with Gasteiger partial charge in [-0.15, -0.1) is 0 Å². The summed E-state index contributed by atoms with van der Waals surface area (Å²) in [5.41, 5.74) is 1.62. The van der Waals surface area contributed by atoms with Crippen LogP contribution in [0.5, 0.6) is 5.75 Å². The maximum Gasteiger partial charge on any atom is 0.411 e. The molecule has 1 amide bonds. The molecule has 0 aromatic heterocycles. The quantitative estimate of drug-likeness (QED) is 0.902. The van der Waals surface area contributed by atoms with E-state index < -0.39 is 6.09 Å². The van der Waals surface area contributed by atoms with Gasteiger partial charge in [0.2, 0.25) is 0 Å². The Balaban J connectivity index is 2.21. The van der Waals surface area contributed by atoms with Crippen molar-refractivity contribution in [1.82, 2.24) is 0 Å². The predicted molar refractivity (Wildman–Crippen MR) is 72.1 cm³/mol. The van der Waals surface area contributed by atoms with Crippen molar-refractivity contribution in [1.29, 1.82) is 0 Å². The van der Waals surface area contributed by atoms with Gasteiger partial charge in [0.05, 0.1) is 33.1 Å². The summed E-state index contributed by atoms with van der Waals surface area (Å²) >= 11 is 0. The van der Waals surface area contributed by atoms with Crippen LogP contribution in [0.15, 0.2) is 18.2 Å². The van der Waals surface area contributed by atoms with E-state index in [2.05, 4.69) is 15.0 Å². The van der Waals surface area contributed by atoms with Crippen LogP contribution in [-0.2, 0) is 9.47 Å². The normalized spacial score (nSPS) is 14.9. The maximum atomic E-state index is 11.3. The lowest BCUT2D eigenvalue weighted by Crippen LogP contribution is -2.36. The number of morpholine rings is 1. The molecule has 1 N–H and O–H groups in total. The van der Waals surface area contributed by atoms with Crippen molar-refractivity contribution in [3.8, 4) is 5.75 Å². The summed E-state index contributed by atoms with van der Waals surface area (Å²) in [6.45, 7) is 3.10. The van der Waals surface area contributed by atoms with Gasteiger partial charge >= 0.3 is 6.09 Å². The molecule has 0 aliphatic carbocycles. The molecule has 1 aromatic rings. The summed E-state index contributed by atoms with van der Waals surface area (Å²) < 4.78 is 15.1. The van der Waals surface area contributed by atoms with Crippen LogP contribution >= 0.6 is 0 Å². The number of hydrogen-bond acceptors (Lipinski definition) is 5. The number of rotatable bonds is 3. The molecule has 0 saturated carbocycles. The molecule has 19 heavy (non-hydrogen) atoms. The van der Waals surface area contributed by atoms with Crippen LogP contribution in [0.2, 0.25) is 0 Å². The third-order valence-electron chi connectivity index (χ3n) is 2.98. The monoisotopic (exact) mass is 266 g/mol. The number of carbonyl (C=O) groups excluding carboxylic acids is 1. The zero-order valence-electron chi connectivity index (χ0n) is 11.1. The van der Waals surface area contributed by atoms with E-state index >= 15 is 0 Å². The molecule has 0 atom stereocenters. The molecule has 0 unspecified atom stereocenters. The molecule has 6 heteroatoms. The molecule has 1 fully saturated rings. The predicted octanol–water partition coefficient (Wildman–Crippen LogP) is 1.71. The highest BCUT2D eigenvalue weighted by Gasteiger charge is 2.14. The van der Waals surface area contributed by atoms with Crippen LogP contribution in [0.3, 0.4) is 0 Å². The molecule has 1 heterocycles. The smallest absolute Gasteiger partial charge is 0.411 e. The van der Waals surface area contributed by atoms with Gasteiger partial charge in [-0.25, -0.2) is 4.79 Å². The lowest BCUT2D eigenvalue weighted by molar-refractivity contribution is 0.122. The summed E-state index contributed by atoms with van der Waals surface area (Å²) in [6, 6.07) is 5.67. The van der Waals surface area contributed by atoms with Crippen LogP contribution in [0.25, 0.3) is 0 Å². The van der Waals surface area contributed by atoms with E-state index in [0.29, 0.717) is 24.7 Å². The molecule has 1 aliphatic heterocycles. The van der Waals surface area contributed by atoms with Crippen LogP contribution in [-0.4, -0.2) is 46.6 Å². The van der Waals surface area contributed by atoms with Gasteiger partial charge in [-0.3, -0.25) is 5.32 Å². The number of methoxy groups -OCH3 is 2. The third-order valence-corrected chi connectivity index (χ3v) is 2.98. The molecule has 104 valence electrons. The molecule has 1 saturated heterocycles. The Labute approximate surface area is 112 Å². The molecule has 2 rings (SSSR count). The lowest BCUT2D eigenvalue weighted by Gasteiger charge is -2.29. The second-order valence-corrected chi connectivity index (χ2v) is 4.10. The van der Waals surface area contributed by atoms with E-state index in [9.17, 15) is 4.79 Å². The second-order valence-electron chi connectivity index (χ2n) is 4.10. The van der Waals surface area contributed by atoms with Crippen LogP contribution in [0.1, 0.15) is 0 Å². The first kappa shape index (κ1) is 13.5. The summed E-state index contributed by atoms with van der Waals surface area (Å²) in [5, 5.41) is 2.65. The summed E-state index contributed by atoms with van der Waals surface area (Å²) in [7, 11) is 2.89. The fourth-order valence-electron chi connectivity index (χ4n) is 1.97. The van der Waals surface area contributed by atoms with Crippen LogP contribution in [0, 0.1) is 0 Å². The van der Waals surface area contributed by atoms with Gasteiger partial charge in [0.1, 0.15) is 5.75 Å². The van der Waals surface area contributed by atoms with Crippen LogP contribution < -0.4 is 15.0 Å². The zero-order chi connectivity index (χ0) is 13.7. The average Bonchev–Trinajstić information content (AvgIpc) is 2.48. The van der Waals surface area contributed by atoms with Crippen molar-refractivity contribution in [3.05, 3.63) is 18.2 Å². The summed E-state index contributed by atoms with van der Waals surface area (Å²) in [6.07, 6.45) is -0.516. The minimum Gasteiger partial charge on any atom is -0.495 e. The number of amides is 1. The number of carbonyl (C=O) groups is 1. The highest BCUT2D eigenvalue weighted by Crippen LogP contribution is 2.30. The molecular weight excluding hydrogens is 248 g/mol. The fraction of sp³-hybridized carbons (Fsp3) is 0.462. The number of hydrogen-bond donors (Lipinski definition) is 1. The Morgan fingerprint density at radius 2 is 2.05 bits per heavy atom. The summed E-state index contributed by atoms with van der Waals surface area (Å²) in [4.78, 5) is 13.5. The number of anilines is 2. The fourth-order valence-corrected chi connectivity index (χ4v) is 1.97. The first-order chi connectivity index (χ1) is 9.24. The van der Waals surface area contributed by atoms with Gasteiger partial charge in [0.15, 0.2) is 0 Å². The Hall–Kier alpha value is -1.95. The van der Waals surface area contributed by atoms with Gasteiger partial charge < -0.3 is 19.1 Å². The van der Waals surface area contributed by atoms with E-state index in [1.54, 1.807) is 7.11 Å². The van der Waals surface area contributed by atoms with Crippen molar-refractivity contribution in [2.24, 2.45) is 0 Å². The van der Waals surface area contributed by atoms with Crippen molar-refractivity contribution in [2.75, 3.05) is 50.7 Å². The average molecular weight is 266 g/mol. The van der Waals surface area contributed by atoms with E-state index in [4.69, 9.17) is 9.47 Å². The number of benzene rings is 1. The zero-order valence-corrected chi connectivity index (χ0v) is 11.1. The highest BCUT2D eigenvalue weighted by atomic mass is 16.5. The first-order valence-electron chi connectivity index (χ1n) is 6.10. The standard InChI is InChI=1S/C13H18N2O4/c1-17-12-4-3-10(15-5-7-19-8-6-15)9-11(12)14-13(16)18-2/h3-4,9H,5-8H2,1-2H3,(H,14,16). The number of nitrogens with one attached hydrogen (secondary N) is 1. The topological polar surface area (TPSA) is 60.0 Å². The van der Waals surface area contributed by atoms with Gasteiger partial charge in [0, 0.05) is 18.8 Å². The molecule has 6 nitrogen and oxygen atoms in total. The number of ether oxygens (including phenoxy) is 3. The maximum absolute atomic E-state index is 11.3. The van der Waals surface area contributed by atoms with Gasteiger partial charge in [0.25, 0.3) is 0 Å². The first-order valence-corrected chi connectivity index (χ1v) is 6.10. The molecule has 0 spiro atoms. The van der Waals surface area contributed by atoms with Crippen molar-refractivity contribution < 1.29 is 19.0 Å². The summed E-state index contributed by atoms with van der Waals surface area (Å²) in [5.74, 6) is 0.599. The Kier molecular flexibility index (Phi) is 4.46. The van der Waals surface area contributed by atoms with E-state index in [-0.39, 0.29) is 0 Å². The van der Waals surface area contributed by atoms with Gasteiger partial charge in [-0.05, 0) is 18.2 Å². The number of nitrogens with zero attached hydrogens (tertiary/aromatic N) is 1. The molecule has 1 aliphatic rings. The molecule has 1 aromatic carbocycles. The Morgan fingerprint density at radius 3 is 2.68 bits per heavy atom. The van der Waals surface area contributed by atoms with Gasteiger partial charge in [-0.2, -0.15) is 0 Å². The van der Waals surface area contributed by atoms with E-state index in [1.165, 1.54) is 7.11 Å². The van der Waals surface area contributed by atoms with E-state index in [1.807, 2.05) is 18.2 Å². The van der Waals surface area contributed by atoms with Crippen molar-refractivity contribution >= 4 is 17.5 Å². The van der Waals surface area contributed by atoms with Gasteiger partial charge in [-0.1, -0.05) is 0 Å². The molecular formula is C13H18N2O4. The van der Waals surface area contributed by atoms with Crippen LogP contribution in [0.4, 0.5) is 16.2 Å². The SMILES string of the molecule is COC(=O)Nc1cc(N2CCOCC2)ccc1OC. The van der Waals surface area contributed by atoms with Crippen molar-refractivity contribution in [3.63, 3.8) is 0 Å². The largest absolute Gasteiger partial charge is 0.495 e. The minimum atomic E-state index is -0.516. The second kappa shape index (κ2) is 6.29. The lowest BCUT2D eigenvalue weighted by atomic mass is 10.2.